The minimum absolute atomic E-state index is 0.429. The van der Waals surface area contributed by atoms with Crippen molar-refractivity contribution >= 4 is 5.82 Å². The molecule has 0 amide bonds. The first-order valence-electron chi connectivity index (χ1n) is 6.89. The lowest BCUT2D eigenvalue weighted by Gasteiger charge is -2.42. The molecule has 3 nitrogen and oxygen atoms in total. The minimum Gasteiger partial charge on any atom is -0.389 e. The summed E-state index contributed by atoms with van der Waals surface area (Å²) in [5, 5.41) is 9.67. The molecular weight excluding hydrogens is 224 g/mol. The zero-order valence-corrected chi connectivity index (χ0v) is 11.8. The van der Waals surface area contributed by atoms with Gasteiger partial charge in [-0.15, -0.1) is 0 Å². The third-order valence-electron chi connectivity index (χ3n) is 4.14. The van der Waals surface area contributed by atoms with Crippen molar-refractivity contribution in [1.29, 1.82) is 0 Å². The van der Waals surface area contributed by atoms with Crippen LogP contribution in [0.1, 0.15) is 45.8 Å². The van der Waals surface area contributed by atoms with Gasteiger partial charge in [-0.3, -0.25) is 0 Å². The third-order valence-corrected chi connectivity index (χ3v) is 4.14. The standard InChI is InChI=1S/C15H24N2O/c1-10-7-11(2)12(3)17(9-10)15-8-14(13(4)18)5-6-16-15/h5-6,8,10-13,18H,7,9H2,1-4H3. The smallest absolute Gasteiger partial charge is 0.129 e. The van der Waals surface area contributed by atoms with E-state index in [1.54, 1.807) is 13.1 Å². The van der Waals surface area contributed by atoms with Crippen LogP contribution in [0.3, 0.4) is 0 Å². The molecule has 1 saturated heterocycles. The van der Waals surface area contributed by atoms with E-state index in [9.17, 15) is 5.11 Å². The van der Waals surface area contributed by atoms with Gasteiger partial charge in [-0.05, 0) is 49.8 Å². The lowest BCUT2D eigenvalue weighted by Crippen LogP contribution is -2.46. The summed E-state index contributed by atoms with van der Waals surface area (Å²) in [6, 6.07) is 4.42. The maximum absolute atomic E-state index is 9.67. The Labute approximate surface area is 110 Å². The summed E-state index contributed by atoms with van der Waals surface area (Å²) in [5.74, 6) is 2.39. The van der Waals surface area contributed by atoms with Gasteiger partial charge in [-0.2, -0.15) is 0 Å². The van der Waals surface area contributed by atoms with Crippen molar-refractivity contribution in [1.82, 2.24) is 4.98 Å². The Balaban J connectivity index is 2.26. The van der Waals surface area contributed by atoms with Crippen molar-refractivity contribution in [2.45, 2.75) is 46.3 Å². The van der Waals surface area contributed by atoms with E-state index in [0.29, 0.717) is 17.9 Å². The predicted octanol–water partition coefficient (Wildman–Crippen LogP) is 3.01. The number of aliphatic hydroxyl groups is 1. The van der Waals surface area contributed by atoms with Gasteiger partial charge in [-0.25, -0.2) is 4.98 Å². The van der Waals surface area contributed by atoms with Crippen LogP contribution in [-0.4, -0.2) is 22.7 Å². The first-order chi connectivity index (χ1) is 8.49. The summed E-state index contributed by atoms with van der Waals surface area (Å²) in [6.45, 7) is 9.73. The van der Waals surface area contributed by atoms with Gasteiger partial charge in [0.15, 0.2) is 0 Å². The van der Waals surface area contributed by atoms with E-state index in [1.807, 2.05) is 12.1 Å². The molecule has 0 aliphatic carbocycles. The number of hydrogen-bond donors (Lipinski definition) is 1. The second kappa shape index (κ2) is 5.27. The molecule has 0 bridgehead atoms. The van der Waals surface area contributed by atoms with Crippen molar-refractivity contribution in [3.63, 3.8) is 0 Å². The number of hydrogen-bond acceptors (Lipinski definition) is 3. The molecule has 0 spiro atoms. The van der Waals surface area contributed by atoms with Crippen LogP contribution in [0.2, 0.25) is 0 Å². The summed E-state index contributed by atoms with van der Waals surface area (Å²) < 4.78 is 0. The van der Waals surface area contributed by atoms with E-state index >= 15 is 0 Å². The van der Waals surface area contributed by atoms with Crippen LogP contribution in [0.25, 0.3) is 0 Å². The second-order valence-corrected chi connectivity index (χ2v) is 5.83. The van der Waals surface area contributed by atoms with Crippen LogP contribution in [-0.2, 0) is 0 Å². The average molecular weight is 248 g/mol. The Kier molecular flexibility index (Phi) is 3.91. The summed E-state index contributed by atoms with van der Waals surface area (Å²) in [5.41, 5.74) is 0.943. The monoisotopic (exact) mass is 248 g/mol. The van der Waals surface area contributed by atoms with Crippen LogP contribution >= 0.6 is 0 Å². The molecule has 3 heteroatoms. The fourth-order valence-corrected chi connectivity index (χ4v) is 2.87. The van der Waals surface area contributed by atoms with E-state index < -0.39 is 6.10 Å². The zero-order chi connectivity index (χ0) is 13.3. The van der Waals surface area contributed by atoms with Crippen LogP contribution in [0.5, 0.6) is 0 Å². The molecule has 1 aliphatic heterocycles. The molecule has 1 fully saturated rings. The highest BCUT2D eigenvalue weighted by Crippen LogP contribution is 2.31. The highest BCUT2D eigenvalue weighted by atomic mass is 16.3. The van der Waals surface area contributed by atoms with Crippen molar-refractivity contribution in [2.75, 3.05) is 11.4 Å². The molecule has 4 unspecified atom stereocenters. The van der Waals surface area contributed by atoms with E-state index in [4.69, 9.17) is 0 Å². The molecule has 1 aromatic heterocycles. The summed E-state index contributed by atoms with van der Waals surface area (Å²) in [4.78, 5) is 6.86. The number of aliphatic hydroxyl groups excluding tert-OH is 1. The largest absolute Gasteiger partial charge is 0.389 e. The van der Waals surface area contributed by atoms with Gasteiger partial charge >= 0.3 is 0 Å². The number of nitrogens with zero attached hydrogens (tertiary/aromatic N) is 2. The van der Waals surface area contributed by atoms with E-state index in [2.05, 4.69) is 30.7 Å². The molecule has 0 radical (unpaired) electrons. The normalized spacial score (nSPS) is 30.3. The molecule has 18 heavy (non-hydrogen) atoms. The molecule has 0 aromatic carbocycles. The van der Waals surface area contributed by atoms with E-state index in [1.165, 1.54) is 6.42 Å². The quantitative estimate of drug-likeness (QED) is 0.874. The van der Waals surface area contributed by atoms with Crippen molar-refractivity contribution < 1.29 is 5.11 Å². The third kappa shape index (κ3) is 2.66. The topological polar surface area (TPSA) is 36.4 Å². The number of rotatable bonds is 2. The Morgan fingerprint density at radius 2 is 2.11 bits per heavy atom. The van der Waals surface area contributed by atoms with E-state index in [-0.39, 0.29) is 0 Å². The van der Waals surface area contributed by atoms with Gasteiger partial charge in [0.05, 0.1) is 6.10 Å². The molecule has 4 atom stereocenters. The molecular formula is C15H24N2O. The highest BCUT2D eigenvalue weighted by molar-refractivity contribution is 5.43. The van der Waals surface area contributed by atoms with Gasteiger partial charge in [0, 0.05) is 18.8 Å². The van der Waals surface area contributed by atoms with Crippen molar-refractivity contribution in [2.24, 2.45) is 11.8 Å². The predicted molar refractivity (Wildman–Crippen MR) is 74.6 cm³/mol. The summed E-state index contributed by atoms with van der Waals surface area (Å²) >= 11 is 0. The molecule has 1 N–H and O–H groups in total. The average Bonchev–Trinajstić information content (AvgIpc) is 2.34. The molecule has 1 aromatic rings. The van der Waals surface area contributed by atoms with Crippen LogP contribution in [0.15, 0.2) is 18.3 Å². The summed E-state index contributed by atoms with van der Waals surface area (Å²) in [6.07, 6.45) is 2.66. The minimum atomic E-state index is -0.429. The Bertz CT molecular complexity index is 405. The second-order valence-electron chi connectivity index (χ2n) is 5.83. The first-order valence-corrected chi connectivity index (χ1v) is 6.89. The molecule has 0 saturated carbocycles. The van der Waals surface area contributed by atoms with Gasteiger partial charge in [-0.1, -0.05) is 13.8 Å². The summed E-state index contributed by atoms with van der Waals surface area (Å²) in [7, 11) is 0. The van der Waals surface area contributed by atoms with Gasteiger partial charge < -0.3 is 10.0 Å². The zero-order valence-electron chi connectivity index (χ0n) is 11.8. The van der Waals surface area contributed by atoms with Crippen molar-refractivity contribution in [3.8, 4) is 0 Å². The molecule has 100 valence electrons. The van der Waals surface area contributed by atoms with Crippen molar-refractivity contribution in [3.05, 3.63) is 23.9 Å². The molecule has 1 aliphatic rings. The SMILES string of the molecule is CC1CC(C)C(C)N(c2cc(C(C)O)ccn2)C1. The number of pyridine rings is 1. The highest BCUT2D eigenvalue weighted by Gasteiger charge is 2.29. The van der Waals surface area contributed by atoms with Gasteiger partial charge in [0.1, 0.15) is 5.82 Å². The van der Waals surface area contributed by atoms with Gasteiger partial charge in [0.25, 0.3) is 0 Å². The number of piperidine rings is 1. The van der Waals surface area contributed by atoms with Crippen LogP contribution < -0.4 is 4.90 Å². The maximum Gasteiger partial charge on any atom is 0.129 e. The lowest BCUT2D eigenvalue weighted by molar-refractivity contribution is 0.199. The maximum atomic E-state index is 9.67. The Morgan fingerprint density at radius 1 is 1.39 bits per heavy atom. The fraction of sp³-hybridized carbons (Fsp3) is 0.667. The number of anilines is 1. The molecule has 2 heterocycles. The van der Waals surface area contributed by atoms with Gasteiger partial charge in [0.2, 0.25) is 0 Å². The van der Waals surface area contributed by atoms with Crippen LogP contribution in [0, 0.1) is 11.8 Å². The lowest BCUT2D eigenvalue weighted by atomic mass is 9.86. The Hall–Kier alpha value is -1.09. The first kappa shape index (κ1) is 13.3. The molecule has 2 rings (SSSR count). The fourth-order valence-electron chi connectivity index (χ4n) is 2.87. The Morgan fingerprint density at radius 3 is 2.78 bits per heavy atom. The van der Waals surface area contributed by atoms with E-state index in [0.717, 1.165) is 17.9 Å². The number of aromatic nitrogens is 1. The van der Waals surface area contributed by atoms with Crippen LogP contribution in [0.4, 0.5) is 5.82 Å².